The van der Waals surface area contributed by atoms with E-state index in [1.165, 1.54) is 11.0 Å². The minimum absolute atomic E-state index is 0.00494. The van der Waals surface area contributed by atoms with Crippen LogP contribution in [0.5, 0.6) is 0 Å². The van der Waals surface area contributed by atoms with Crippen molar-refractivity contribution in [1.82, 2.24) is 4.90 Å². The summed E-state index contributed by atoms with van der Waals surface area (Å²) in [6.07, 6.45) is 0.00494. The van der Waals surface area contributed by atoms with Gasteiger partial charge in [0.05, 0.1) is 6.42 Å². The molecule has 100 valence electrons. The van der Waals surface area contributed by atoms with Gasteiger partial charge in [0.15, 0.2) is 11.6 Å². The molecule has 0 unspecified atom stereocenters. The molecular weight excluding hydrogens is 283 g/mol. The van der Waals surface area contributed by atoms with Crippen LogP contribution in [-0.4, -0.2) is 35.7 Å². The van der Waals surface area contributed by atoms with E-state index in [-0.39, 0.29) is 12.3 Å². The maximum Gasteiger partial charge on any atom is 0.227 e. The molecule has 0 saturated carbocycles. The lowest BCUT2D eigenvalue weighted by Crippen LogP contribution is -2.35. The molecule has 0 bridgehead atoms. The Morgan fingerprint density at radius 1 is 1.11 bits per heavy atom. The van der Waals surface area contributed by atoms with Crippen LogP contribution in [0.2, 0.25) is 0 Å². The lowest BCUT2D eigenvalue weighted by atomic mass is 10.1. The molecule has 0 aliphatic heterocycles. The van der Waals surface area contributed by atoms with Crippen LogP contribution in [0.25, 0.3) is 0 Å². The molecule has 1 aromatic rings. The molecule has 0 aromatic heterocycles. The second-order valence-corrected chi connectivity index (χ2v) is 4.44. The first-order valence-electron chi connectivity index (χ1n) is 5.42. The Balaban J connectivity index is 2.69. The zero-order valence-electron chi connectivity index (χ0n) is 9.63. The number of amides is 1. The Morgan fingerprint density at radius 2 is 1.72 bits per heavy atom. The number of benzene rings is 1. The fourth-order valence-electron chi connectivity index (χ4n) is 1.50. The van der Waals surface area contributed by atoms with Gasteiger partial charge in [-0.15, -0.1) is 23.2 Å². The zero-order valence-corrected chi connectivity index (χ0v) is 11.1. The molecule has 2 nitrogen and oxygen atoms in total. The lowest BCUT2D eigenvalue weighted by molar-refractivity contribution is -0.130. The third-order valence-electron chi connectivity index (χ3n) is 2.40. The third kappa shape index (κ3) is 4.42. The second-order valence-electron chi connectivity index (χ2n) is 3.68. The van der Waals surface area contributed by atoms with Crippen molar-refractivity contribution in [3.63, 3.8) is 0 Å². The first kappa shape index (κ1) is 15.2. The summed E-state index contributed by atoms with van der Waals surface area (Å²) < 4.78 is 25.7. The van der Waals surface area contributed by atoms with E-state index in [9.17, 15) is 13.6 Å². The van der Waals surface area contributed by atoms with Gasteiger partial charge in [-0.05, 0) is 17.7 Å². The minimum Gasteiger partial charge on any atom is -0.340 e. The molecule has 0 aliphatic rings. The molecule has 0 saturated heterocycles. The predicted octanol–water partition coefficient (Wildman–Crippen LogP) is 2.81. The van der Waals surface area contributed by atoms with E-state index < -0.39 is 11.6 Å². The van der Waals surface area contributed by atoms with Crippen LogP contribution in [0, 0.1) is 11.6 Å². The highest BCUT2D eigenvalue weighted by Gasteiger charge is 2.14. The highest BCUT2D eigenvalue weighted by atomic mass is 35.5. The fraction of sp³-hybridized carbons (Fsp3) is 0.417. The van der Waals surface area contributed by atoms with Crippen molar-refractivity contribution in [2.24, 2.45) is 0 Å². The van der Waals surface area contributed by atoms with Crippen molar-refractivity contribution < 1.29 is 13.6 Å². The number of rotatable bonds is 6. The Bertz CT molecular complexity index is 409. The summed E-state index contributed by atoms with van der Waals surface area (Å²) in [6, 6.07) is 3.41. The fourth-order valence-corrected chi connectivity index (χ4v) is 1.91. The van der Waals surface area contributed by atoms with Crippen LogP contribution >= 0.6 is 23.2 Å². The number of hydrogen-bond acceptors (Lipinski definition) is 1. The molecule has 0 heterocycles. The highest BCUT2D eigenvalue weighted by molar-refractivity contribution is 6.18. The van der Waals surface area contributed by atoms with Crippen LogP contribution in [0.3, 0.4) is 0 Å². The van der Waals surface area contributed by atoms with Crippen molar-refractivity contribution in [1.29, 1.82) is 0 Å². The Labute approximate surface area is 114 Å². The van der Waals surface area contributed by atoms with Gasteiger partial charge in [-0.1, -0.05) is 6.07 Å². The molecule has 18 heavy (non-hydrogen) atoms. The van der Waals surface area contributed by atoms with Crippen LogP contribution in [0.15, 0.2) is 18.2 Å². The number of hydrogen-bond donors (Lipinski definition) is 0. The van der Waals surface area contributed by atoms with E-state index >= 15 is 0 Å². The summed E-state index contributed by atoms with van der Waals surface area (Å²) in [4.78, 5) is 13.4. The molecule has 0 spiro atoms. The number of nitrogens with zero attached hydrogens (tertiary/aromatic N) is 1. The van der Waals surface area contributed by atoms with Gasteiger partial charge in [0.2, 0.25) is 5.91 Å². The van der Waals surface area contributed by atoms with Crippen LogP contribution in [0.4, 0.5) is 8.78 Å². The van der Waals surface area contributed by atoms with Gasteiger partial charge < -0.3 is 4.90 Å². The molecule has 0 N–H and O–H groups in total. The Morgan fingerprint density at radius 3 is 2.22 bits per heavy atom. The molecule has 1 rings (SSSR count). The van der Waals surface area contributed by atoms with E-state index in [1.807, 2.05) is 0 Å². The quantitative estimate of drug-likeness (QED) is 0.739. The maximum atomic E-state index is 13.0. The smallest absolute Gasteiger partial charge is 0.227 e. The average Bonchev–Trinajstić information content (AvgIpc) is 2.33. The predicted molar refractivity (Wildman–Crippen MR) is 68.1 cm³/mol. The van der Waals surface area contributed by atoms with Gasteiger partial charge in [-0.2, -0.15) is 0 Å². The molecule has 0 aliphatic carbocycles. The number of carbonyl (C=O) groups is 1. The summed E-state index contributed by atoms with van der Waals surface area (Å²) in [7, 11) is 0. The normalized spacial score (nSPS) is 10.4. The van der Waals surface area contributed by atoms with E-state index in [0.29, 0.717) is 30.4 Å². The maximum absolute atomic E-state index is 13.0. The largest absolute Gasteiger partial charge is 0.340 e. The van der Waals surface area contributed by atoms with Crippen molar-refractivity contribution in [2.75, 3.05) is 24.8 Å². The van der Waals surface area contributed by atoms with Crippen molar-refractivity contribution in [2.45, 2.75) is 6.42 Å². The summed E-state index contributed by atoms with van der Waals surface area (Å²) in [5.41, 5.74) is 0.424. The van der Waals surface area contributed by atoms with E-state index in [0.717, 1.165) is 12.1 Å². The van der Waals surface area contributed by atoms with Crippen molar-refractivity contribution in [3.8, 4) is 0 Å². The first-order chi connectivity index (χ1) is 8.58. The van der Waals surface area contributed by atoms with Crippen LogP contribution in [-0.2, 0) is 11.2 Å². The number of carbonyl (C=O) groups excluding carboxylic acids is 1. The van der Waals surface area contributed by atoms with Gasteiger partial charge in [0.1, 0.15) is 0 Å². The standard InChI is InChI=1S/C12H13Cl2F2NO/c13-3-5-17(6-4-14)12(18)8-9-1-2-10(15)11(16)7-9/h1-2,7H,3-6,8H2. The number of halogens is 4. The molecule has 0 radical (unpaired) electrons. The lowest BCUT2D eigenvalue weighted by Gasteiger charge is -2.20. The molecule has 0 fully saturated rings. The average molecular weight is 296 g/mol. The van der Waals surface area contributed by atoms with Crippen LogP contribution < -0.4 is 0 Å². The van der Waals surface area contributed by atoms with Gasteiger partial charge in [0, 0.05) is 24.8 Å². The Hall–Kier alpha value is -0.870. The molecule has 1 aromatic carbocycles. The molecular formula is C12H13Cl2F2NO. The van der Waals surface area contributed by atoms with Crippen molar-refractivity contribution in [3.05, 3.63) is 35.4 Å². The monoisotopic (exact) mass is 295 g/mol. The molecule has 1 amide bonds. The Kier molecular flexibility index (Phi) is 6.36. The van der Waals surface area contributed by atoms with Gasteiger partial charge in [-0.25, -0.2) is 8.78 Å². The van der Waals surface area contributed by atoms with Gasteiger partial charge in [-0.3, -0.25) is 4.79 Å². The first-order valence-corrected chi connectivity index (χ1v) is 6.49. The summed E-state index contributed by atoms with van der Waals surface area (Å²) in [5, 5.41) is 0. The van der Waals surface area contributed by atoms with E-state index in [4.69, 9.17) is 23.2 Å². The second kappa shape index (κ2) is 7.54. The highest BCUT2D eigenvalue weighted by Crippen LogP contribution is 2.10. The topological polar surface area (TPSA) is 20.3 Å². The third-order valence-corrected chi connectivity index (χ3v) is 2.74. The summed E-state index contributed by atoms with van der Waals surface area (Å²) in [6.45, 7) is 0.771. The van der Waals surface area contributed by atoms with Crippen molar-refractivity contribution >= 4 is 29.1 Å². The molecule has 6 heteroatoms. The van der Waals surface area contributed by atoms with Crippen LogP contribution in [0.1, 0.15) is 5.56 Å². The van der Waals surface area contributed by atoms with E-state index in [2.05, 4.69) is 0 Å². The van der Waals surface area contributed by atoms with E-state index in [1.54, 1.807) is 0 Å². The SMILES string of the molecule is O=C(Cc1ccc(F)c(F)c1)N(CCCl)CCCl. The minimum atomic E-state index is -0.957. The molecule has 0 atom stereocenters. The van der Waals surface area contributed by atoms with Gasteiger partial charge >= 0.3 is 0 Å². The number of alkyl halides is 2. The zero-order chi connectivity index (χ0) is 13.5. The van der Waals surface area contributed by atoms with Gasteiger partial charge in [0.25, 0.3) is 0 Å². The summed E-state index contributed by atoms with van der Waals surface area (Å²) in [5.74, 6) is -1.48. The summed E-state index contributed by atoms with van der Waals surface area (Å²) >= 11 is 11.2.